The van der Waals surface area contributed by atoms with Crippen molar-refractivity contribution in [1.29, 1.82) is 0 Å². The van der Waals surface area contributed by atoms with Crippen LogP contribution in [-0.4, -0.2) is 27.3 Å². The van der Waals surface area contributed by atoms with Gasteiger partial charge in [-0.25, -0.2) is 8.42 Å². The van der Waals surface area contributed by atoms with Crippen molar-refractivity contribution >= 4 is 29.6 Å². The minimum absolute atomic E-state index is 0. The van der Waals surface area contributed by atoms with Crippen molar-refractivity contribution in [2.75, 3.05) is 0 Å². The zero-order valence-electron chi connectivity index (χ0n) is 3.42. The van der Waals surface area contributed by atoms with Crippen LogP contribution in [-0.2, 0) is 10.7 Å². The molecular formula is C3H7LiO2S. The molecule has 0 aliphatic carbocycles. The summed E-state index contributed by atoms with van der Waals surface area (Å²) >= 11 is 0. The van der Waals surface area contributed by atoms with Crippen molar-refractivity contribution in [3.05, 3.63) is 11.5 Å². The summed E-state index contributed by atoms with van der Waals surface area (Å²) in [7, 11) is -2.28. The van der Waals surface area contributed by atoms with E-state index in [1.165, 1.54) is 6.08 Å². The monoisotopic (exact) mass is 114 g/mol. The standard InChI is InChI=1S/C3H6O2S.Li.H/c1-2-3-6(4)5;;/h2-3,6H,1H3;;. The summed E-state index contributed by atoms with van der Waals surface area (Å²) in [4.78, 5) is 0. The third kappa shape index (κ3) is 10.7. The molecule has 4 heteroatoms. The molecule has 0 bridgehead atoms. The molecule has 0 aromatic carbocycles. The molecule has 0 aliphatic rings. The summed E-state index contributed by atoms with van der Waals surface area (Å²) in [5, 5.41) is 1.12. The normalized spacial score (nSPS) is 9.43. The molecule has 0 saturated carbocycles. The SMILES string of the molecule is CC=C[SH](=O)=O.[LiH]. The molecule has 0 spiro atoms. The summed E-state index contributed by atoms with van der Waals surface area (Å²) in [6.07, 6.45) is 1.48. The van der Waals surface area contributed by atoms with E-state index in [0.717, 1.165) is 5.41 Å². The zero-order valence-corrected chi connectivity index (χ0v) is 4.31. The van der Waals surface area contributed by atoms with Gasteiger partial charge in [-0.2, -0.15) is 0 Å². The number of hydrogen-bond donors (Lipinski definition) is 1. The van der Waals surface area contributed by atoms with Crippen LogP contribution in [0, 0.1) is 0 Å². The fourth-order valence-electron chi connectivity index (χ4n) is 0.122. The molecule has 0 aliphatic heterocycles. The van der Waals surface area contributed by atoms with Gasteiger partial charge in [-0.15, -0.1) is 0 Å². The summed E-state index contributed by atoms with van der Waals surface area (Å²) in [5.74, 6) is 0. The van der Waals surface area contributed by atoms with E-state index in [9.17, 15) is 8.42 Å². The maximum absolute atomic E-state index is 9.55. The molecule has 0 atom stereocenters. The second-order valence-electron chi connectivity index (χ2n) is 0.768. The van der Waals surface area contributed by atoms with E-state index >= 15 is 0 Å². The fourth-order valence-corrected chi connectivity index (χ4v) is 0.365. The Bertz CT molecular complexity index is 108. The first-order valence-electron chi connectivity index (χ1n) is 1.53. The van der Waals surface area contributed by atoms with Crippen LogP contribution in [0.15, 0.2) is 11.5 Å². The molecule has 0 fully saturated rings. The second-order valence-corrected chi connectivity index (χ2v) is 1.64. The number of hydrogen-bond acceptors (Lipinski definition) is 2. The van der Waals surface area contributed by atoms with Gasteiger partial charge >= 0.3 is 18.9 Å². The van der Waals surface area contributed by atoms with Crippen molar-refractivity contribution < 1.29 is 8.42 Å². The van der Waals surface area contributed by atoms with Gasteiger partial charge in [0.2, 0.25) is 0 Å². The van der Waals surface area contributed by atoms with Gasteiger partial charge in [-0.05, 0) is 6.92 Å². The van der Waals surface area contributed by atoms with Crippen molar-refractivity contribution in [2.24, 2.45) is 0 Å². The van der Waals surface area contributed by atoms with E-state index in [1.54, 1.807) is 6.92 Å². The number of rotatable bonds is 1. The topological polar surface area (TPSA) is 34.1 Å². The summed E-state index contributed by atoms with van der Waals surface area (Å²) in [5.41, 5.74) is 0. The number of thiol groups is 1. The molecule has 38 valence electrons. The Morgan fingerprint density at radius 1 is 1.43 bits per heavy atom. The van der Waals surface area contributed by atoms with Crippen LogP contribution < -0.4 is 0 Å². The first-order chi connectivity index (χ1) is 2.77. The molecule has 0 saturated heterocycles. The van der Waals surface area contributed by atoms with Gasteiger partial charge in [0.25, 0.3) is 0 Å². The van der Waals surface area contributed by atoms with E-state index in [1.807, 2.05) is 0 Å². The van der Waals surface area contributed by atoms with Crippen molar-refractivity contribution in [1.82, 2.24) is 0 Å². The molecular weight excluding hydrogens is 107 g/mol. The van der Waals surface area contributed by atoms with E-state index in [0.29, 0.717) is 0 Å². The van der Waals surface area contributed by atoms with Gasteiger partial charge in [-0.1, -0.05) is 6.08 Å². The Balaban J connectivity index is 0. The molecule has 0 heterocycles. The molecule has 2 nitrogen and oxygen atoms in total. The quantitative estimate of drug-likeness (QED) is 0.367. The minimum atomic E-state index is -2.28. The van der Waals surface area contributed by atoms with E-state index in [4.69, 9.17) is 0 Å². The van der Waals surface area contributed by atoms with Crippen LogP contribution in [0.25, 0.3) is 0 Å². The second kappa shape index (κ2) is 6.29. The molecule has 0 radical (unpaired) electrons. The van der Waals surface area contributed by atoms with Gasteiger partial charge < -0.3 is 0 Å². The van der Waals surface area contributed by atoms with E-state index in [-0.39, 0.29) is 18.9 Å². The molecule has 0 amide bonds. The van der Waals surface area contributed by atoms with Crippen LogP contribution in [0.3, 0.4) is 0 Å². The van der Waals surface area contributed by atoms with Gasteiger partial charge in [0.1, 0.15) is 0 Å². The summed E-state index contributed by atoms with van der Waals surface area (Å²) in [6.45, 7) is 1.66. The Labute approximate surface area is 56.7 Å². The van der Waals surface area contributed by atoms with Gasteiger partial charge in [0, 0.05) is 5.41 Å². The summed E-state index contributed by atoms with van der Waals surface area (Å²) in [6, 6.07) is 0. The van der Waals surface area contributed by atoms with Crippen LogP contribution in [0.5, 0.6) is 0 Å². The number of allylic oxidation sites excluding steroid dienone is 1. The third-order valence-electron chi connectivity index (χ3n) is 0.271. The zero-order chi connectivity index (χ0) is 4.99. The fraction of sp³-hybridized carbons (Fsp3) is 0.333. The van der Waals surface area contributed by atoms with Crippen LogP contribution in [0.4, 0.5) is 0 Å². The van der Waals surface area contributed by atoms with Crippen molar-refractivity contribution in [3.8, 4) is 0 Å². The average molecular weight is 114 g/mol. The molecule has 0 aromatic rings. The van der Waals surface area contributed by atoms with Gasteiger partial charge in [0.15, 0.2) is 10.7 Å². The Hall–Kier alpha value is 0.287. The molecule has 0 aromatic heterocycles. The van der Waals surface area contributed by atoms with Crippen LogP contribution in [0.1, 0.15) is 6.92 Å². The Morgan fingerprint density at radius 3 is 1.86 bits per heavy atom. The van der Waals surface area contributed by atoms with Gasteiger partial charge in [-0.3, -0.25) is 0 Å². The van der Waals surface area contributed by atoms with E-state index < -0.39 is 10.7 Å². The third-order valence-corrected chi connectivity index (χ3v) is 0.812. The van der Waals surface area contributed by atoms with Crippen molar-refractivity contribution in [2.45, 2.75) is 6.92 Å². The molecule has 7 heavy (non-hydrogen) atoms. The molecule has 0 N–H and O–H groups in total. The Kier molecular flexibility index (Phi) is 9.26. The van der Waals surface area contributed by atoms with Crippen molar-refractivity contribution in [3.63, 3.8) is 0 Å². The Morgan fingerprint density at radius 2 is 1.86 bits per heavy atom. The molecule has 0 rings (SSSR count). The van der Waals surface area contributed by atoms with Crippen LogP contribution >= 0.6 is 0 Å². The first-order valence-corrected chi connectivity index (χ1v) is 2.78. The average Bonchev–Trinajstić information content (AvgIpc) is 1.35. The maximum atomic E-state index is 9.55. The first kappa shape index (κ1) is 10.3. The molecule has 0 unspecified atom stereocenters. The predicted molar refractivity (Wildman–Crippen MR) is 32.3 cm³/mol. The summed E-state index contributed by atoms with van der Waals surface area (Å²) < 4.78 is 19.1. The predicted octanol–water partition coefficient (Wildman–Crippen LogP) is -0.517. The van der Waals surface area contributed by atoms with Gasteiger partial charge in [0.05, 0.1) is 0 Å². The van der Waals surface area contributed by atoms with Crippen LogP contribution in [0.2, 0.25) is 0 Å². The van der Waals surface area contributed by atoms with E-state index in [2.05, 4.69) is 0 Å².